The third kappa shape index (κ3) is 4.89. The van der Waals surface area contributed by atoms with Crippen LogP contribution in [-0.2, 0) is 16.0 Å². The van der Waals surface area contributed by atoms with E-state index in [1.165, 1.54) is 0 Å². The van der Waals surface area contributed by atoms with E-state index in [0.717, 1.165) is 24.1 Å². The van der Waals surface area contributed by atoms with Crippen LogP contribution in [0.2, 0.25) is 0 Å². The van der Waals surface area contributed by atoms with Crippen LogP contribution in [0, 0.1) is 5.92 Å². The Morgan fingerprint density at radius 3 is 2.86 bits per heavy atom. The number of anilines is 1. The molecule has 3 heterocycles. The normalized spacial score (nSPS) is 16.6. The van der Waals surface area contributed by atoms with Crippen molar-refractivity contribution in [3.8, 4) is 11.5 Å². The molecular weight excluding hydrogens is 388 g/mol. The summed E-state index contributed by atoms with van der Waals surface area (Å²) in [4.78, 5) is 27.0. The molecule has 1 fully saturated rings. The van der Waals surface area contributed by atoms with E-state index in [9.17, 15) is 9.59 Å². The highest BCUT2D eigenvalue weighted by molar-refractivity contribution is 7.08. The van der Waals surface area contributed by atoms with Crippen LogP contribution >= 0.6 is 11.3 Å². The fraction of sp³-hybridized carbons (Fsp3) is 0.333. The zero-order chi connectivity index (χ0) is 20.1. The van der Waals surface area contributed by atoms with Gasteiger partial charge in [0, 0.05) is 42.6 Å². The van der Waals surface area contributed by atoms with E-state index in [0.29, 0.717) is 31.3 Å². The molecule has 0 bridgehead atoms. The molecule has 2 aromatic heterocycles. The number of carbonyl (C=O) groups excluding carboxylic acids is 2. The summed E-state index contributed by atoms with van der Waals surface area (Å²) in [6, 6.07) is 11.3. The largest absolute Gasteiger partial charge is 0.421 e. The molecular formula is C21H22N4O3S. The molecule has 0 spiro atoms. The van der Waals surface area contributed by atoms with Crippen molar-refractivity contribution in [1.82, 2.24) is 15.1 Å². The van der Waals surface area contributed by atoms with Crippen molar-refractivity contribution in [1.29, 1.82) is 0 Å². The van der Waals surface area contributed by atoms with Crippen LogP contribution in [0.3, 0.4) is 0 Å². The second-order valence-corrected chi connectivity index (χ2v) is 7.83. The molecule has 1 unspecified atom stereocenters. The van der Waals surface area contributed by atoms with Gasteiger partial charge in [0.2, 0.25) is 23.6 Å². The van der Waals surface area contributed by atoms with Crippen LogP contribution in [0.15, 0.2) is 51.6 Å². The third-order valence-electron chi connectivity index (χ3n) is 4.97. The average Bonchev–Trinajstić information content (AvgIpc) is 3.45. The lowest BCUT2D eigenvalue weighted by atomic mass is 9.96. The van der Waals surface area contributed by atoms with Gasteiger partial charge < -0.3 is 14.6 Å². The molecule has 8 heteroatoms. The van der Waals surface area contributed by atoms with Crippen molar-refractivity contribution in [2.24, 2.45) is 5.92 Å². The Labute approximate surface area is 172 Å². The fourth-order valence-corrected chi connectivity index (χ4v) is 4.04. The molecule has 29 heavy (non-hydrogen) atoms. The molecule has 1 N–H and O–H groups in total. The molecule has 4 rings (SSSR count). The highest BCUT2D eigenvalue weighted by Crippen LogP contribution is 2.22. The summed E-state index contributed by atoms with van der Waals surface area (Å²) < 4.78 is 5.64. The highest BCUT2D eigenvalue weighted by Gasteiger charge is 2.28. The Hall–Kier alpha value is -3.00. The molecule has 0 aliphatic carbocycles. The number of thiophene rings is 1. The summed E-state index contributed by atoms with van der Waals surface area (Å²) in [5.74, 6) is 0.712. The lowest BCUT2D eigenvalue weighted by Gasteiger charge is -2.32. The molecule has 7 nitrogen and oxygen atoms in total. The third-order valence-corrected chi connectivity index (χ3v) is 5.66. The maximum atomic E-state index is 12.6. The molecule has 1 saturated heterocycles. The molecule has 3 aromatic rings. The summed E-state index contributed by atoms with van der Waals surface area (Å²) in [6.45, 7) is 1.12. The minimum atomic E-state index is -0.193. The summed E-state index contributed by atoms with van der Waals surface area (Å²) in [6.07, 6.45) is 2.29. The van der Waals surface area contributed by atoms with Crippen molar-refractivity contribution < 1.29 is 14.0 Å². The van der Waals surface area contributed by atoms with E-state index < -0.39 is 0 Å². The van der Waals surface area contributed by atoms with E-state index in [-0.39, 0.29) is 24.2 Å². The van der Waals surface area contributed by atoms with Crippen molar-refractivity contribution in [3.63, 3.8) is 0 Å². The van der Waals surface area contributed by atoms with Crippen LogP contribution in [0.4, 0.5) is 5.69 Å². The number of nitrogens with zero attached hydrogens (tertiary/aromatic N) is 3. The van der Waals surface area contributed by atoms with Gasteiger partial charge in [0.1, 0.15) is 0 Å². The van der Waals surface area contributed by atoms with Gasteiger partial charge in [0.05, 0.1) is 5.92 Å². The summed E-state index contributed by atoms with van der Waals surface area (Å²) in [7, 11) is 0. The first-order chi connectivity index (χ1) is 14.2. The minimum absolute atomic E-state index is 0.0116. The number of nitrogens with one attached hydrogen (secondary N) is 1. The zero-order valence-corrected chi connectivity index (χ0v) is 16.7. The van der Waals surface area contributed by atoms with Gasteiger partial charge in [-0.25, -0.2) is 0 Å². The number of likely N-dealkylation sites (tertiary alicyclic amines) is 1. The van der Waals surface area contributed by atoms with Crippen LogP contribution in [0.1, 0.15) is 25.2 Å². The van der Waals surface area contributed by atoms with Gasteiger partial charge in [-0.05, 0) is 36.4 Å². The van der Waals surface area contributed by atoms with E-state index in [1.54, 1.807) is 16.2 Å². The number of rotatable bonds is 6. The Morgan fingerprint density at radius 1 is 1.21 bits per heavy atom. The molecule has 0 saturated carbocycles. The molecule has 2 amide bonds. The lowest BCUT2D eigenvalue weighted by molar-refractivity contribution is -0.134. The van der Waals surface area contributed by atoms with Crippen LogP contribution < -0.4 is 5.32 Å². The number of hydrogen-bond acceptors (Lipinski definition) is 6. The second-order valence-electron chi connectivity index (χ2n) is 7.05. The Kier molecular flexibility index (Phi) is 6.00. The molecule has 1 aliphatic heterocycles. The van der Waals surface area contributed by atoms with Gasteiger partial charge in [0.15, 0.2) is 0 Å². The number of para-hydroxylation sites is 1. The Balaban J connectivity index is 1.29. The molecule has 1 aromatic carbocycles. The first-order valence-electron chi connectivity index (χ1n) is 9.67. The number of amides is 2. The molecule has 1 aliphatic rings. The van der Waals surface area contributed by atoms with E-state index in [1.807, 2.05) is 47.2 Å². The fourth-order valence-electron chi connectivity index (χ4n) is 3.41. The molecule has 0 radical (unpaired) electrons. The summed E-state index contributed by atoms with van der Waals surface area (Å²) in [5.41, 5.74) is 1.67. The van der Waals surface area contributed by atoms with Crippen molar-refractivity contribution in [3.05, 3.63) is 53.0 Å². The van der Waals surface area contributed by atoms with Gasteiger partial charge in [-0.15, -0.1) is 10.2 Å². The van der Waals surface area contributed by atoms with Crippen molar-refractivity contribution >= 4 is 28.8 Å². The van der Waals surface area contributed by atoms with Crippen LogP contribution in [0.25, 0.3) is 11.5 Å². The van der Waals surface area contributed by atoms with Crippen molar-refractivity contribution in [2.75, 3.05) is 18.4 Å². The topological polar surface area (TPSA) is 88.3 Å². The maximum Gasteiger partial charge on any atom is 0.248 e. The SMILES string of the molecule is O=C(Nc1ccccc1)C1CCCN(C(=O)CCc2nnc(-c3ccsc3)o2)C1. The van der Waals surface area contributed by atoms with E-state index >= 15 is 0 Å². The predicted molar refractivity (Wildman–Crippen MR) is 110 cm³/mol. The number of benzene rings is 1. The van der Waals surface area contributed by atoms with Gasteiger partial charge in [-0.2, -0.15) is 11.3 Å². The standard InChI is InChI=1S/C21H22N4O3S/c26-19(9-8-18-23-24-21(28-18)16-10-12-29-14-16)25-11-4-5-15(13-25)20(27)22-17-6-2-1-3-7-17/h1-3,6-7,10,12,14-15H,4-5,8-9,11,13H2,(H,22,27). The lowest BCUT2D eigenvalue weighted by Crippen LogP contribution is -2.43. The van der Waals surface area contributed by atoms with Gasteiger partial charge in [-0.3, -0.25) is 9.59 Å². The first-order valence-corrected chi connectivity index (χ1v) is 10.6. The number of piperidine rings is 1. The van der Waals surface area contributed by atoms with Crippen LogP contribution in [0.5, 0.6) is 0 Å². The second kappa shape index (κ2) is 9.00. The summed E-state index contributed by atoms with van der Waals surface area (Å²) in [5, 5.41) is 14.9. The quantitative estimate of drug-likeness (QED) is 0.671. The van der Waals surface area contributed by atoms with Gasteiger partial charge in [0.25, 0.3) is 0 Å². The zero-order valence-electron chi connectivity index (χ0n) is 15.9. The number of hydrogen-bond donors (Lipinski definition) is 1. The molecule has 150 valence electrons. The Morgan fingerprint density at radius 2 is 2.07 bits per heavy atom. The van der Waals surface area contributed by atoms with Gasteiger partial charge >= 0.3 is 0 Å². The minimum Gasteiger partial charge on any atom is -0.421 e. The monoisotopic (exact) mass is 410 g/mol. The number of aryl methyl sites for hydroxylation is 1. The maximum absolute atomic E-state index is 12.6. The average molecular weight is 410 g/mol. The number of aromatic nitrogens is 2. The predicted octanol–water partition coefficient (Wildman–Crippen LogP) is 3.61. The van der Waals surface area contributed by atoms with Crippen LogP contribution in [-0.4, -0.2) is 40.0 Å². The smallest absolute Gasteiger partial charge is 0.248 e. The van der Waals surface area contributed by atoms with E-state index in [4.69, 9.17) is 4.42 Å². The number of carbonyl (C=O) groups is 2. The van der Waals surface area contributed by atoms with Crippen molar-refractivity contribution in [2.45, 2.75) is 25.7 Å². The Bertz CT molecular complexity index is 955. The first kappa shape index (κ1) is 19.3. The van der Waals surface area contributed by atoms with E-state index in [2.05, 4.69) is 15.5 Å². The highest BCUT2D eigenvalue weighted by atomic mass is 32.1. The molecule has 1 atom stereocenters. The van der Waals surface area contributed by atoms with Gasteiger partial charge in [-0.1, -0.05) is 18.2 Å². The summed E-state index contributed by atoms with van der Waals surface area (Å²) >= 11 is 1.56.